The molecule has 2 N–H and O–H groups in total. The third-order valence-corrected chi connectivity index (χ3v) is 5.99. The van der Waals surface area contributed by atoms with Crippen molar-refractivity contribution in [2.75, 3.05) is 40.3 Å². The third kappa shape index (κ3) is 5.41. The lowest BCUT2D eigenvalue weighted by molar-refractivity contribution is -0.137. The summed E-state index contributed by atoms with van der Waals surface area (Å²) in [6, 6.07) is 7.89. The number of nitrogens with one attached hydrogen (secondary N) is 2. The van der Waals surface area contributed by atoms with Gasteiger partial charge >= 0.3 is 6.03 Å². The van der Waals surface area contributed by atoms with E-state index in [4.69, 9.17) is 4.74 Å². The normalized spacial score (nSPS) is 25.1. The molecule has 3 amide bonds. The van der Waals surface area contributed by atoms with Gasteiger partial charge in [0.25, 0.3) is 0 Å². The Balaban J connectivity index is 1.75. The number of amides is 3. The van der Waals surface area contributed by atoms with Gasteiger partial charge in [0.05, 0.1) is 7.11 Å². The van der Waals surface area contributed by atoms with E-state index in [1.165, 1.54) is 0 Å². The third-order valence-electron chi connectivity index (χ3n) is 5.99. The summed E-state index contributed by atoms with van der Waals surface area (Å²) in [6.45, 7) is 7.23. The minimum absolute atomic E-state index is 0.0118. The molecule has 1 saturated carbocycles. The Labute approximate surface area is 173 Å². The van der Waals surface area contributed by atoms with Crippen molar-refractivity contribution in [2.24, 2.45) is 5.92 Å². The van der Waals surface area contributed by atoms with Crippen LogP contribution in [0.1, 0.15) is 38.2 Å². The maximum atomic E-state index is 13.4. The first kappa shape index (κ1) is 21.4. The highest BCUT2D eigenvalue weighted by Crippen LogP contribution is 2.41. The van der Waals surface area contributed by atoms with Gasteiger partial charge in [-0.05, 0) is 57.4 Å². The average Bonchev–Trinajstić information content (AvgIpc) is 3.11. The molecule has 2 aliphatic rings. The van der Waals surface area contributed by atoms with E-state index >= 15 is 0 Å². The van der Waals surface area contributed by atoms with E-state index in [0.29, 0.717) is 6.42 Å². The van der Waals surface area contributed by atoms with Gasteiger partial charge in [-0.15, -0.1) is 0 Å². The number of piperazine rings is 1. The first-order valence-electron chi connectivity index (χ1n) is 10.6. The van der Waals surface area contributed by atoms with Crippen LogP contribution in [0.15, 0.2) is 24.3 Å². The van der Waals surface area contributed by atoms with Crippen molar-refractivity contribution >= 4 is 11.9 Å². The first-order valence-corrected chi connectivity index (χ1v) is 10.6. The molecule has 1 aliphatic heterocycles. The van der Waals surface area contributed by atoms with Gasteiger partial charge in [0.15, 0.2) is 0 Å². The number of carbonyl (C=O) groups excluding carboxylic acids is 2. The zero-order valence-corrected chi connectivity index (χ0v) is 18.0. The van der Waals surface area contributed by atoms with Crippen LogP contribution in [0.25, 0.3) is 0 Å². The number of ether oxygens (including phenoxy) is 1. The fourth-order valence-corrected chi connectivity index (χ4v) is 4.40. The molecular formula is C22H34N4O3. The summed E-state index contributed by atoms with van der Waals surface area (Å²) >= 11 is 0. The lowest BCUT2D eigenvalue weighted by Crippen LogP contribution is -2.49. The van der Waals surface area contributed by atoms with E-state index in [1.807, 2.05) is 43.0 Å². The molecule has 7 heteroatoms. The highest BCUT2D eigenvalue weighted by molar-refractivity contribution is 5.81. The Kier molecular flexibility index (Phi) is 7.00. The van der Waals surface area contributed by atoms with Crippen LogP contribution in [0, 0.1) is 5.92 Å². The van der Waals surface area contributed by atoms with Crippen molar-refractivity contribution < 1.29 is 14.3 Å². The standard InChI is InChI=1S/C22H34N4O3/c1-15(2)23-22(28)24-17-13-19(16-5-7-18(29-4)8-6-16)20(14-17)21(27)26-11-9-25(3)10-12-26/h5-8,15,17,19-20H,9-14H2,1-4H3,(H2,23,24,28)/t17-,19+,20-/m0/s1. The summed E-state index contributed by atoms with van der Waals surface area (Å²) in [5.74, 6) is 1.00. The monoisotopic (exact) mass is 402 g/mol. The van der Waals surface area contributed by atoms with E-state index in [2.05, 4.69) is 22.6 Å². The maximum absolute atomic E-state index is 13.4. The van der Waals surface area contributed by atoms with E-state index in [-0.39, 0.29) is 35.9 Å². The minimum atomic E-state index is -0.161. The number of hydrogen-bond donors (Lipinski definition) is 2. The zero-order valence-electron chi connectivity index (χ0n) is 18.0. The Hall–Kier alpha value is -2.28. The number of carbonyl (C=O) groups is 2. The zero-order chi connectivity index (χ0) is 21.0. The molecule has 1 aliphatic carbocycles. The molecule has 0 radical (unpaired) electrons. The molecule has 0 bridgehead atoms. The molecule has 1 heterocycles. The first-order chi connectivity index (χ1) is 13.9. The quantitative estimate of drug-likeness (QED) is 0.791. The van der Waals surface area contributed by atoms with Gasteiger partial charge in [-0.3, -0.25) is 4.79 Å². The Morgan fingerprint density at radius 3 is 2.31 bits per heavy atom. The van der Waals surface area contributed by atoms with Crippen molar-refractivity contribution in [3.63, 3.8) is 0 Å². The lowest BCUT2D eigenvalue weighted by atomic mass is 9.87. The number of likely N-dealkylation sites (N-methyl/N-ethyl adjacent to an activating group) is 1. The minimum Gasteiger partial charge on any atom is -0.497 e. The van der Waals surface area contributed by atoms with Crippen LogP contribution >= 0.6 is 0 Å². The van der Waals surface area contributed by atoms with E-state index in [9.17, 15) is 9.59 Å². The van der Waals surface area contributed by atoms with Crippen molar-refractivity contribution in [2.45, 2.75) is 44.7 Å². The molecular weight excluding hydrogens is 368 g/mol. The predicted molar refractivity (Wildman–Crippen MR) is 113 cm³/mol. The number of hydrogen-bond acceptors (Lipinski definition) is 4. The van der Waals surface area contributed by atoms with Crippen LogP contribution in [-0.2, 0) is 4.79 Å². The SMILES string of the molecule is COc1ccc([C@H]2C[C@H](NC(=O)NC(C)C)C[C@@H]2C(=O)N2CCN(C)CC2)cc1. The highest BCUT2D eigenvalue weighted by Gasteiger charge is 2.42. The Morgan fingerprint density at radius 2 is 1.72 bits per heavy atom. The molecule has 1 saturated heterocycles. The largest absolute Gasteiger partial charge is 0.497 e. The van der Waals surface area contributed by atoms with E-state index in [1.54, 1.807) is 7.11 Å². The van der Waals surface area contributed by atoms with Crippen molar-refractivity contribution in [1.82, 2.24) is 20.4 Å². The molecule has 160 valence electrons. The molecule has 0 spiro atoms. The van der Waals surface area contributed by atoms with Gasteiger partial charge in [0, 0.05) is 44.2 Å². The van der Waals surface area contributed by atoms with E-state index in [0.717, 1.165) is 43.9 Å². The molecule has 7 nitrogen and oxygen atoms in total. The smallest absolute Gasteiger partial charge is 0.315 e. The summed E-state index contributed by atoms with van der Waals surface area (Å²) in [4.78, 5) is 29.8. The van der Waals surface area contributed by atoms with Gasteiger partial charge in [-0.25, -0.2) is 4.79 Å². The molecule has 1 aromatic rings. The van der Waals surface area contributed by atoms with Crippen molar-refractivity contribution in [3.05, 3.63) is 29.8 Å². The summed E-state index contributed by atoms with van der Waals surface area (Å²) < 4.78 is 5.28. The van der Waals surface area contributed by atoms with Gasteiger partial charge < -0.3 is 25.2 Å². The number of benzene rings is 1. The molecule has 3 rings (SSSR count). The number of nitrogens with zero attached hydrogens (tertiary/aromatic N) is 2. The van der Waals surface area contributed by atoms with Gasteiger partial charge in [-0.2, -0.15) is 0 Å². The van der Waals surface area contributed by atoms with Gasteiger partial charge in [0.1, 0.15) is 5.75 Å². The summed E-state index contributed by atoms with van der Waals surface area (Å²) in [5, 5.41) is 5.96. The molecule has 2 fully saturated rings. The van der Waals surface area contributed by atoms with Crippen molar-refractivity contribution in [1.29, 1.82) is 0 Å². The fraction of sp³-hybridized carbons (Fsp3) is 0.636. The molecule has 29 heavy (non-hydrogen) atoms. The second-order valence-electron chi connectivity index (χ2n) is 8.56. The average molecular weight is 403 g/mol. The number of urea groups is 1. The molecule has 0 unspecified atom stereocenters. The van der Waals surface area contributed by atoms with E-state index < -0.39 is 0 Å². The topological polar surface area (TPSA) is 73.9 Å². The maximum Gasteiger partial charge on any atom is 0.315 e. The van der Waals surface area contributed by atoms with Crippen LogP contribution in [-0.4, -0.2) is 74.2 Å². The second kappa shape index (κ2) is 9.48. The molecule has 1 aromatic carbocycles. The van der Waals surface area contributed by atoms with Crippen LogP contribution < -0.4 is 15.4 Å². The second-order valence-corrected chi connectivity index (χ2v) is 8.56. The number of methoxy groups -OCH3 is 1. The fourth-order valence-electron chi connectivity index (χ4n) is 4.40. The van der Waals surface area contributed by atoms with Crippen LogP contribution in [0.4, 0.5) is 4.79 Å². The summed E-state index contributed by atoms with van der Waals surface area (Å²) in [7, 11) is 3.74. The van der Waals surface area contributed by atoms with Gasteiger partial charge in [-0.1, -0.05) is 12.1 Å². The number of rotatable bonds is 5. The van der Waals surface area contributed by atoms with Gasteiger partial charge in [0.2, 0.25) is 5.91 Å². The van der Waals surface area contributed by atoms with Crippen LogP contribution in [0.5, 0.6) is 5.75 Å². The molecule has 3 atom stereocenters. The van der Waals surface area contributed by atoms with Crippen LogP contribution in [0.2, 0.25) is 0 Å². The summed E-state index contributed by atoms with van der Waals surface area (Å²) in [5.41, 5.74) is 1.13. The highest BCUT2D eigenvalue weighted by atomic mass is 16.5. The lowest BCUT2D eigenvalue weighted by Gasteiger charge is -2.35. The Morgan fingerprint density at radius 1 is 1.07 bits per heavy atom. The van der Waals surface area contributed by atoms with Crippen molar-refractivity contribution in [3.8, 4) is 5.75 Å². The molecule has 0 aromatic heterocycles. The summed E-state index contributed by atoms with van der Waals surface area (Å²) in [6.07, 6.45) is 1.44. The van der Waals surface area contributed by atoms with Crippen LogP contribution in [0.3, 0.4) is 0 Å². The Bertz CT molecular complexity index is 699. The predicted octanol–water partition coefficient (Wildman–Crippen LogP) is 2.04.